The van der Waals surface area contributed by atoms with Crippen LogP contribution in [0.15, 0.2) is 134 Å². The van der Waals surface area contributed by atoms with Gasteiger partial charge in [0.1, 0.15) is 0 Å². The summed E-state index contributed by atoms with van der Waals surface area (Å²) in [6.07, 6.45) is 6.29. The molecule has 0 saturated carbocycles. The maximum absolute atomic E-state index is 4.09. The molecule has 42 heavy (non-hydrogen) atoms. The predicted molar refractivity (Wildman–Crippen MR) is 188 cm³/mol. The SMILES string of the molecule is C=Cc1sc2cc(-c3c4ccccc4c(-c4cc5ccccc5c5ccccc45)c4ccccc34)ccc2c1/C=C\C. The normalized spacial score (nSPS) is 11.9. The van der Waals surface area contributed by atoms with E-state index in [9.17, 15) is 0 Å². The molecular formula is C41H28S. The number of hydrogen-bond donors (Lipinski definition) is 0. The molecule has 0 fully saturated rings. The smallest absolute Gasteiger partial charge is 0.0361 e. The Balaban J connectivity index is 1.50. The molecule has 0 aliphatic heterocycles. The van der Waals surface area contributed by atoms with Crippen molar-refractivity contribution in [3.05, 3.63) is 144 Å². The molecule has 0 bridgehead atoms. The van der Waals surface area contributed by atoms with Crippen molar-refractivity contribution in [2.75, 3.05) is 0 Å². The van der Waals surface area contributed by atoms with Crippen LogP contribution in [0.3, 0.4) is 0 Å². The van der Waals surface area contributed by atoms with E-state index in [1.54, 1.807) is 0 Å². The molecule has 0 nitrogen and oxygen atoms in total. The molecule has 0 amide bonds. The third-order valence-corrected chi connectivity index (χ3v) is 9.70. The molecule has 198 valence electrons. The van der Waals surface area contributed by atoms with Crippen molar-refractivity contribution >= 4 is 76.7 Å². The van der Waals surface area contributed by atoms with Crippen LogP contribution < -0.4 is 0 Å². The number of fused-ring (bicyclic) bond motifs is 6. The van der Waals surface area contributed by atoms with Crippen LogP contribution in [-0.4, -0.2) is 0 Å². The Morgan fingerprint density at radius 3 is 1.76 bits per heavy atom. The third kappa shape index (κ3) is 3.67. The number of rotatable bonds is 4. The van der Waals surface area contributed by atoms with E-state index in [1.165, 1.54) is 85.9 Å². The molecule has 0 aliphatic carbocycles. The summed E-state index contributed by atoms with van der Waals surface area (Å²) in [7, 11) is 0. The van der Waals surface area contributed by atoms with Gasteiger partial charge >= 0.3 is 0 Å². The Hall–Kier alpha value is -4.98. The average Bonchev–Trinajstić information content (AvgIpc) is 3.40. The van der Waals surface area contributed by atoms with Gasteiger partial charge in [-0.05, 0) is 90.0 Å². The zero-order chi connectivity index (χ0) is 28.2. The van der Waals surface area contributed by atoms with Gasteiger partial charge in [0.25, 0.3) is 0 Å². The van der Waals surface area contributed by atoms with E-state index < -0.39 is 0 Å². The highest BCUT2D eigenvalue weighted by Gasteiger charge is 2.19. The molecule has 7 aromatic carbocycles. The topological polar surface area (TPSA) is 0 Å². The summed E-state index contributed by atoms with van der Waals surface area (Å²) < 4.78 is 1.29. The number of thiophene rings is 1. The van der Waals surface area contributed by atoms with Gasteiger partial charge in [-0.25, -0.2) is 0 Å². The van der Waals surface area contributed by atoms with Crippen molar-refractivity contribution in [1.29, 1.82) is 0 Å². The van der Waals surface area contributed by atoms with Crippen LogP contribution in [0.1, 0.15) is 17.4 Å². The van der Waals surface area contributed by atoms with Crippen LogP contribution in [0.4, 0.5) is 0 Å². The van der Waals surface area contributed by atoms with E-state index in [0.29, 0.717) is 0 Å². The first-order chi connectivity index (χ1) is 20.8. The molecule has 8 rings (SSSR count). The van der Waals surface area contributed by atoms with Crippen molar-refractivity contribution in [3.8, 4) is 22.3 Å². The first-order valence-corrected chi connectivity index (χ1v) is 15.2. The second kappa shape index (κ2) is 9.83. The van der Waals surface area contributed by atoms with Gasteiger partial charge in [0, 0.05) is 15.0 Å². The number of hydrogen-bond acceptors (Lipinski definition) is 1. The number of benzene rings is 7. The molecule has 1 heteroatoms. The van der Waals surface area contributed by atoms with Crippen LogP contribution in [-0.2, 0) is 0 Å². The average molecular weight is 553 g/mol. The maximum atomic E-state index is 4.09. The molecule has 8 aromatic rings. The lowest BCUT2D eigenvalue weighted by molar-refractivity contribution is 1.70. The highest BCUT2D eigenvalue weighted by Crippen LogP contribution is 2.47. The lowest BCUT2D eigenvalue weighted by Gasteiger charge is -2.19. The molecule has 0 atom stereocenters. The van der Waals surface area contributed by atoms with Gasteiger partial charge in [-0.3, -0.25) is 0 Å². The van der Waals surface area contributed by atoms with E-state index in [2.05, 4.69) is 147 Å². The van der Waals surface area contributed by atoms with Crippen LogP contribution in [0.25, 0.3) is 87.6 Å². The minimum absolute atomic E-state index is 1.22. The molecular weight excluding hydrogens is 525 g/mol. The largest absolute Gasteiger partial charge is 0.135 e. The summed E-state index contributed by atoms with van der Waals surface area (Å²) >= 11 is 1.82. The zero-order valence-corrected chi connectivity index (χ0v) is 24.2. The van der Waals surface area contributed by atoms with Gasteiger partial charge in [0.15, 0.2) is 0 Å². The van der Waals surface area contributed by atoms with Gasteiger partial charge in [0.05, 0.1) is 0 Å². The van der Waals surface area contributed by atoms with Gasteiger partial charge in [-0.1, -0.05) is 134 Å². The highest BCUT2D eigenvalue weighted by molar-refractivity contribution is 7.20. The van der Waals surface area contributed by atoms with Gasteiger partial charge in [-0.2, -0.15) is 0 Å². The maximum Gasteiger partial charge on any atom is 0.0361 e. The molecule has 1 aromatic heterocycles. The van der Waals surface area contributed by atoms with Crippen LogP contribution >= 0.6 is 11.3 Å². The molecule has 0 unspecified atom stereocenters. The van der Waals surface area contributed by atoms with Crippen molar-refractivity contribution < 1.29 is 0 Å². The summed E-state index contributed by atoms with van der Waals surface area (Å²) in [6.45, 7) is 6.16. The molecule has 0 radical (unpaired) electrons. The Kier molecular flexibility index (Phi) is 5.80. The fourth-order valence-corrected chi connectivity index (χ4v) is 7.85. The lowest BCUT2D eigenvalue weighted by atomic mass is 9.84. The quantitative estimate of drug-likeness (QED) is 0.150. The molecule has 1 heterocycles. The third-order valence-electron chi connectivity index (χ3n) is 8.53. The summed E-state index contributed by atoms with van der Waals surface area (Å²) in [6, 6.07) is 44.8. The lowest BCUT2D eigenvalue weighted by Crippen LogP contribution is -1.92. The fourth-order valence-electron chi connectivity index (χ4n) is 6.77. The highest BCUT2D eigenvalue weighted by atomic mass is 32.1. The first kappa shape index (κ1) is 24.8. The van der Waals surface area contributed by atoms with Crippen molar-refractivity contribution in [1.82, 2.24) is 0 Å². The Labute approximate surface area is 249 Å². The molecule has 0 aliphatic rings. The Morgan fingerprint density at radius 2 is 1.12 bits per heavy atom. The summed E-state index contributed by atoms with van der Waals surface area (Å²) in [5.74, 6) is 0. The monoisotopic (exact) mass is 552 g/mol. The molecule has 0 N–H and O–H groups in total. The van der Waals surface area contributed by atoms with Crippen LogP contribution in [0.5, 0.6) is 0 Å². The van der Waals surface area contributed by atoms with Gasteiger partial charge < -0.3 is 0 Å². The van der Waals surface area contributed by atoms with Crippen LogP contribution in [0, 0.1) is 0 Å². The first-order valence-electron chi connectivity index (χ1n) is 14.4. The second-order valence-corrected chi connectivity index (χ2v) is 11.9. The molecule has 0 saturated heterocycles. The summed E-state index contributed by atoms with van der Waals surface area (Å²) in [5, 5.41) is 11.5. The molecule has 0 spiro atoms. The van der Waals surface area contributed by atoms with E-state index >= 15 is 0 Å². The van der Waals surface area contributed by atoms with Crippen LogP contribution in [0.2, 0.25) is 0 Å². The minimum atomic E-state index is 1.22. The summed E-state index contributed by atoms with van der Waals surface area (Å²) in [4.78, 5) is 1.22. The fraction of sp³-hybridized carbons (Fsp3) is 0.0244. The standard InChI is InChI=1S/C41H28S/c1-3-13-31-32-23-22-27(25-39(32)42-38(31)4-2)40-33-18-9-11-20-35(33)41(36-21-12-10-19-34(36)40)37-24-26-14-5-6-15-28(26)29-16-7-8-17-30(29)37/h3-25H,2H2,1H3/b13-3-. The van der Waals surface area contributed by atoms with E-state index in [1.807, 2.05) is 17.4 Å². The van der Waals surface area contributed by atoms with Gasteiger partial charge in [-0.15, -0.1) is 11.3 Å². The van der Waals surface area contributed by atoms with Crippen molar-refractivity contribution in [2.45, 2.75) is 6.92 Å². The Bertz CT molecular complexity index is 2320. The second-order valence-electron chi connectivity index (χ2n) is 10.8. The van der Waals surface area contributed by atoms with Crippen molar-refractivity contribution in [2.24, 2.45) is 0 Å². The minimum Gasteiger partial charge on any atom is -0.135 e. The Morgan fingerprint density at radius 1 is 0.548 bits per heavy atom. The zero-order valence-electron chi connectivity index (χ0n) is 23.4. The van der Waals surface area contributed by atoms with E-state index in [4.69, 9.17) is 0 Å². The summed E-state index contributed by atoms with van der Waals surface area (Å²) in [5.41, 5.74) is 6.37. The van der Waals surface area contributed by atoms with Gasteiger partial charge in [0.2, 0.25) is 0 Å². The number of allylic oxidation sites excluding steroid dienone is 1. The predicted octanol–water partition coefficient (Wildman–Crippen LogP) is 12.5. The van der Waals surface area contributed by atoms with E-state index in [-0.39, 0.29) is 0 Å². The van der Waals surface area contributed by atoms with Crippen molar-refractivity contribution in [3.63, 3.8) is 0 Å². The van der Waals surface area contributed by atoms with E-state index in [0.717, 1.165) is 0 Å².